The minimum Gasteiger partial charge on any atom is -0.339 e. The Balaban J connectivity index is 1.76. The van der Waals surface area contributed by atoms with Crippen molar-refractivity contribution in [2.24, 2.45) is 0 Å². The number of benzene rings is 1. The van der Waals surface area contributed by atoms with Crippen LogP contribution in [0.25, 0.3) is 11.4 Å². The van der Waals surface area contributed by atoms with Gasteiger partial charge in [0, 0.05) is 24.7 Å². The van der Waals surface area contributed by atoms with Gasteiger partial charge in [-0.25, -0.2) is 4.39 Å². The molecule has 5 nitrogen and oxygen atoms in total. The average molecular weight is 354 g/mol. The SMILES string of the molecule is CNC1CCN(c2n[nH]c(-c3ccc(F)c(Br)c3)n2)CC1. The second-order valence-electron chi connectivity index (χ2n) is 5.16. The molecule has 3 rings (SSSR count). The number of halogens is 2. The fraction of sp³-hybridized carbons (Fsp3) is 0.429. The van der Waals surface area contributed by atoms with Crippen molar-refractivity contribution in [1.29, 1.82) is 0 Å². The van der Waals surface area contributed by atoms with Gasteiger partial charge in [0.1, 0.15) is 5.82 Å². The van der Waals surface area contributed by atoms with Gasteiger partial charge in [-0.3, -0.25) is 5.10 Å². The number of hydrogen-bond acceptors (Lipinski definition) is 4. The Kier molecular flexibility index (Phi) is 4.21. The molecule has 2 heterocycles. The highest BCUT2D eigenvalue weighted by molar-refractivity contribution is 9.10. The Morgan fingerprint density at radius 2 is 2.14 bits per heavy atom. The van der Waals surface area contributed by atoms with E-state index >= 15 is 0 Å². The molecular weight excluding hydrogens is 337 g/mol. The van der Waals surface area contributed by atoms with Crippen LogP contribution in [0.5, 0.6) is 0 Å². The molecule has 0 unspecified atom stereocenters. The zero-order valence-corrected chi connectivity index (χ0v) is 13.3. The summed E-state index contributed by atoms with van der Waals surface area (Å²) in [7, 11) is 2.00. The molecule has 7 heteroatoms. The summed E-state index contributed by atoms with van der Waals surface area (Å²) in [6.45, 7) is 1.88. The molecule has 0 bridgehead atoms. The van der Waals surface area contributed by atoms with Crippen LogP contribution in [-0.2, 0) is 0 Å². The number of piperidine rings is 1. The minimum absolute atomic E-state index is 0.285. The number of aromatic amines is 1. The Morgan fingerprint density at radius 3 is 2.81 bits per heavy atom. The monoisotopic (exact) mass is 353 g/mol. The largest absolute Gasteiger partial charge is 0.339 e. The zero-order chi connectivity index (χ0) is 14.8. The lowest BCUT2D eigenvalue weighted by molar-refractivity contribution is 0.439. The lowest BCUT2D eigenvalue weighted by atomic mass is 10.1. The first-order chi connectivity index (χ1) is 10.2. The first kappa shape index (κ1) is 14.5. The molecular formula is C14H17BrFN5. The fourth-order valence-electron chi connectivity index (χ4n) is 2.54. The average Bonchev–Trinajstić information content (AvgIpc) is 3.00. The summed E-state index contributed by atoms with van der Waals surface area (Å²) in [5.74, 6) is 1.08. The maximum Gasteiger partial charge on any atom is 0.245 e. The van der Waals surface area contributed by atoms with Gasteiger partial charge >= 0.3 is 0 Å². The van der Waals surface area contributed by atoms with Gasteiger partial charge in [0.2, 0.25) is 5.95 Å². The first-order valence-corrected chi connectivity index (χ1v) is 7.76. The molecule has 0 amide bonds. The summed E-state index contributed by atoms with van der Waals surface area (Å²) in [6, 6.07) is 5.39. The van der Waals surface area contributed by atoms with Crippen LogP contribution in [0, 0.1) is 5.82 Å². The quantitative estimate of drug-likeness (QED) is 0.890. The summed E-state index contributed by atoms with van der Waals surface area (Å²) in [5, 5.41) is 10.5. The van der Waals surface area contributed by atoms with E-state index in [1.807, 2.05) is 7.05 Å². The van der Waals surface area contributed by atoms with Crippen LogP contribution in [0.15, 0.2) is 22.7 Å². The normalized spacial score (nSPS) is 16.4. The van der Waals surface area contributed by atoms with Crippen molar-refractivity contribution in [2.75, 3.05) is 25.0 Å². The molecule has 0 radical (unpaired) electrons. The Bertz CT molecular complexity index is 622. The number of nitrogens with one attached hydrogen (secondary N) is 2. The van der Waals surface area contributed by atoms with Gasteiger partial charge in [0.05, 0.1) is 4.47 Å². The standard InChI is InChI=1S/C14H17BrFN5/c1-17-10-4-6-21(7-5-10)14-18-13(19-20-14)9-2-3-12(16)11(15)8-9/h2-3,8,10,17H,4-7H2,1H3,(H,18,19,20). The molecule has 1 aliphatic heterocycles. The van der Waals surface area contributed by atoms with E-state index in [2.05, 4.69) is 41.3 Å². The summed E-state index contributed by atoms with van der Waals surface area (Å²) in [4.78, 5) is 6.69. The van der Waals surface area contributed by atoms with E-state index in [-0.39, 0.29) is 5.82 Å². The van der Waals surface area contributed by atoms with E-state index in [4.69, 9.17) is 0 Å². The lowest BCUT2D eigenvalue weighted by Gasteiger charge is -2.30. The Labute approximate surface area is 131 Å². The topological polar surface area (TPSA) is 56.8 Å². The van der Waals surface area contributed by atoms with Crippen LogP contribution in [0.2, 0.25) is 0 Å². The third-order valence-corrected chi connectivity index (χ3v) is 4.46. The first-order valence-electron chi connectivity index (χ1n) is 6.97. The van der Waals surface area contributed by atoms with E-state index < -0.39 is 0 Å². The zero-order valence-electron chi connectivity index (χ0n) is 11.7. The van der Waals surface area contributed by atoms with Crippen molar-refractivity contribution in [3.05, 3.63) is 28.5 Å². The predicted molar refractivity (Wildman–Crippen MR) is 83.8 cm³/mol. The number of anilines is 1. The minimum atomic E-state index is -0.285. The van der Waals surface area contributed by atoms with Crippen molar-refractivity contribution >= 4 is 21.9 Å². The Morgan fingerprint density at radius 1 is 1.38 bits per heavy atom. The second-order valence-corrected chi connectivity index (χ2v) is 6.02. The summed E-state index contributed by atoms with van der Waals surface area (Å²) < 4.78 is 13.7. The van der Waals surface area contributed by atoms with Gasteiger partial charge in [-0.15, -0.1) is 5.10 Å². The van der Waals surface area contributed by atoms with Crippen LogP contribution < -0.4 is 10.2 Å². The molecule has 0 aliphatic carbocycles. The molecule has 1 saturated heterocycles. The van der Waals surface area contributed by atoms with Gasteiger partial charge in [0.15, 0.2) is 5.82 Å². The number of H-pyrrole nitrogens is 1. The van der Waals surface area contributed by atoms with Crippen LogP contribution in [0.1, 0.15) is 12.8 Å². The molecule has 0 saturated carbocycles. The van der Waals surface area contributed by atoms with E-state index in [0.29, 0.717) is 22.3 Å². The smallest absolute Gasteiger partial charge is 0.245 e. The summed E-state index contributed by atoms with van der Waals surface area (Å²) >= 11 is 3.19. The van der Waals surface area contributed by atoms with Gasteiger partial charge in [0.25, 0.3) is 0 Å². The van der Waals surface area contributed by atoms with Gasteiger partial charge < -0.3 is 10.2 Å². The van der Waals surface area contributed by atoms with Gasteiger partial charge in [-0.05, 0) is 54.0 Å². The molecule has 2 aromatic rings. The van der Waals surface area contributed by atoms with Gasteiger partial charge in [-0.1, -0.05) is 0 Å². The number of rotatable bonds is 3. The van der Waals surface area contributed by atoms with E-state index in [1.165, 1.54) is 6.07 Å². The highest BCUT2D eigenvalue weighted by Gasteiger charge is 2.21. The highest BCUT2D eigenvalue weighted by Crippen LogP contribution is 2.24. The van der Waals surface area contributed by atoms with Gasteiger partial charge in [-0.2, -0.15) is 4.98 Å². The van der Waals surface area contributed by atoms with E-state index in [9.17, 15) is 4.39 Å². The van der Waals surface area contributed by atoms with Crippen LogP contribution >= 0.6 is 15.9 Å². The molecule has 1 aromatic heterocycles. The van der Waals surface area contributed by atoms with E-state index in [0.717, 1.165) is 31.5 Å². The third kappa shape index (κ3) is 3.08. The molecule has 0 atom stereocenters. The van der Waals surface area contributed by atoms with Crippen LogP contribution in [0.3, 0.4) is 0 Å². The van der Waals surface area contributed by atoms with Crippen molar-refractivity contribution in [3.8, 4) is 11.4 Å². The van der Waals surface area contributed by atoms with E-state index in [1.54, 1.807) is 12.1 Å². The number of hydrogen-bond donors (Lipinski definition) is 2. The molecule has 1 aromatic carbocycles. The molecule has 112 valence electrons. The van der Waals surface area contributed by atoms with Crippen LogP contribution in [-0.4, -0.2) is 41.4 Å². The molecule has 1 aliphatic rings. The van der Waals surface area contributed by atoms with Crippen molar-refractivity contribution < 1.29 is 4.39 Å². The molecule has 1 fully saturated rings. The number of aromatic nitrogens is 3. The number of nitrogens with zero attached hydrogens (tertiary/aromatic N) is 3. The Hall–Kier alpha value is -1.47. The molecule has 2 N–H and O–H groups in total. The highest BCUT2D eigenvalue weighted by atomic mass is 79.9. The fourth-order valence-corrected chi connectivity index (χ4v) is 2.91. The maximum absolute atomic E-state index is 13.3. The predicted octanol–water partition coefficient (Wildman–Crippen LogP) is 2.56. The van der Waals surface area contributed by atoms with Crippen molar-refractivity contribution in [1.82, 2.24) is 20.5 Å². The lowest BCUT2D eigenvalue weighted by Crippen LogP contribution is -2.41. The maximum atomic E-state index is 13.3. The summed E-state index contributed by atoms with van der Waals surface area (Å²) in [5.41, 5.74) is 0.812. The molecule has 0 spiro atoms. The van der Waals surface area contributed by atoms with Crippen molar-refractivity contribution in [2.45, 2.75) is 18.9 Å². The van der Waals surface area contributed by atoms with Crippen LogP contribution in [0.4, 0.5) is 10.3 Å². The second kappa shape index (κ2) is 6.11. The molecule has 21 heavy (non-hydrogen) atoms. The third-order valence-electron chi connectivity index (χ3n) is 3.85. The summed E-state index contributed by atoms with van der Waals surface area (Å²) in [6.07, 6.45) is 2.17. The van der Waals surface area contributed by atoms with Crippen molar-refractivity contribution in [3.63, 3.8) is 0 Å².